The van der Waals surface area contributed by atoms with Gasteiger partial charge in [-0.3, -0.25) is 0 Å². The highest BCUT2D eigenvalue weighted by Crippen LogP contribution is 2.34. The van der Waals surface area contributed by atoms with Crippen molar-refractivity contribution in [2.75, 3.05) is 0 Å². The Hall–Kier alpha value is -0.590. The first-order valence-corrected chi connectivity index (χ1v) is 9.43. The van der Waals surface area contributed by atoms with Crippen molar-refractivity contribution < 1.29 is 4.79 Å². The van der Waals surface area contributed by atoms with E-state index in [0.717, 1.165) is 36.9 Å². The lowest BCUT2D eigenvalue weighted by Gasteiger charge is -2.28. The lowest BCUT2D eigenvalue weighted by atomic mass is 9.78. The van der Waals surface area contributed by atoms with Crippen molar-refractivity contribution in [1.82, 2.24) is 0 Å². The van der Waals surface area contributed by atoms with Crippen molar-refractivity contribution in [2.24, 2.45) is 23.7 Å². The minimum atomic E-state index is 0.355. The van der Waals surface area contributed by atoms with Crippen LogP contribution in [-0.2, 0) is 4.79 Å². The van der Waals surface area contributed by atoms with E-state index in [9.17, 15) is 4.79 Å². The molecule has 0 radical (unpaired) electrons. The molecule has 0 aliphatic heterocycles. The second-order valence-electron chi connectivity index (χ2n) is 7.49. The fourth-order valence-electron chi connectivity index (χ4n) is 4.31. The summed E-state index contributed by atoms with van der Waals surface area (Å²) in [4.78, 5) is 10.7. The third kappa shape index (κ3) is 5.96. The van der Waals surface area contributed by atoms with Gasteiger partial charge in [-0.1, -0.05) is 57.6 Å². The van der Waals surface area contributed by atoms with Gasteiger partial charge < -0.3 is 4.79 Å². The fourth-order valence-corrected chi connectivity index (χ4v) is 4.31. The summed E-state index contributed by atoms with van der Waals surface area (Å²) in [6.45, 7) is 2.32. The smallest absolute Gasteiger partial charge is 0.123 e. The molecule has 1 heteroatoms. The summed E-state index contributed by atoms with van der Waals surface area (Å²) in [6, 6.07) is 0. The Morgan fingerprint density at radius 2 is 1.38 bits per heavy atom. The molecule has 2 rings (SSSR count). The van der Waals surface area contributed by atoms with E-state index in [4.69, 9.17) is 0 Å². The number of hydrogen-bond acceptors (Lipinski definition) is 1. The predicted octanol–water partition coefficient (Wildman–Crippen LogP) is 5.93. The molecular formula is C20H34O. The minimum absolute atomic E-state index is 0.355. The van der Waals surface area contributed by atoms with Crippen molar-refractivity contribution in [2.45, 2.75) is 84.0 Å². The van der Waals surface area contributed by atoms with Gasteiger partial charge in [0.15, 0.2) is 0 Å². The van der Waals surface area contributed by atoms with Gasteiger partial charge in [-0.05, 0) is 56.3 Å². The summed E-state index contributed by atoms with van der Waals surface area (Å²) in [7, 11) is 0. The van der Waals surface area contributed by atoms with Crippen LogP contribution in [0.1, 0.15) is 84.0 Å². The highest BCUT2D eigenvalue weighted by atomic mass is 16.1. The van der Waals surface area contributed by atoms with Gasteiger partial charge >= 0.3 is 0 Å². The zero-order valence-corrected chi connectivity index (χ0v) is 13.9. The predicted molar refractivity (Wildman–Crippen MR) is 90.2 cm³/mol. The van der Waals surface area contributed by atoms with E-state index in [1.807, 2.05) is 0 Å². The Labute approximate surface area is 131 Å². The molecule has 0 amide bonds. The number of rotatable bonds is 7. The quantitative estimate of drug-likeness (QED) is 0.419. The van der Waals surface area contributed by atoms with Gasteiger partial charge in [-0.2, -0.15) is 0 Å². The molecule has 120 valence electrons. The largest absolute Gasteiger partial charge is 0.303 e. The Kier molecular flexibility index (Phi) is 7.53. The maximum Gasteiger partial charge on any atom is 0.123 e. The van der Waals surface area contributed by atoms with Crippen molar-refractivity contribution >= 4 is 6.29 Å². The van der Waals surface area contributed by atoms with Crippen molar-refractivity contribution in [3.63, 3.8) is 0 Å². The topological polar surface area (TPSA) is 17.1 Å². The van der Waals surface area contributed by atoms with Crippen LogP contribution in [0.15, 0.2) is 12.2 Å². The number of aldehydes is 1. The van der Waals surface area contributed by atoms with Gasteiger partial charge in [-0.25, -0.2) is 0 Å². The third-order valence-corrected chi connectivity index (χ3v) is 5.82. The molecule has 0 N–H and O–H groups in total. The van der Waals surface area contributed by atoms with E-state index in [2.05, 4.69) is 19.1 Å². The van der Waals surface area contributed by atoms with Crippen molar-refractivity contribution in [1.29, 1.82) is 0 Å². The van der Waals surface area contributed by atoms with Crippen LogP contribution in [0.25, 0.3) is 0 Å². The normalized spacial score (nSPS) is 34.1. The van der Waals surface area contributed by atoms with Gasteiger partial charge in [0.2, 0.25) is 0 Å². The van der Waals surface area contributed by atoms with E-state index in [1.165, 1.54) is 64.2 Å². The Bertz CT molecular complexity index is 304. The van der Waals surface area contributed by atoms with Gasteiger partial charge in [0, 0.05) is 5.92 Å². The van der Waals surface area contributed by atoms with E-state index in [-0.39, 0.29) is 0 Å². The van der Waals surface area contributed by atoms with Gasteiger partial charge in [0.25, 0.3) is 0 Å². The first kappa shape index (κ1) is 16.8. The lowest BCUT2D eigenvalue weighted by molar-refractivity contribution is -0.112. The maximum absolute atomic E-state index is 10.7. The first-order chi connectivity index (χ1) is 10.3. The Balaban J connectivity index is 1.55. The molecule has 1 nitrogen and oxygen atoms in total. The average Bonchev–Trinajstić information content (AvgIpc) is 2.54. The van der Waals surface area contributed by atoms with Crippen LogP contribution in [0.3, 0.4) is 0 Å². The maximum atomic E-state index is 10.7. The van der Waals surface area contributed by atoms with Crippen LogP contribution < -0.4 is 0 Å². The van der Waals surface area contributed by atoms with Crippen LogP contribution in [0.5, 0.6) is 0 Å². The van der Waals surface area contributed by atoms with E-state index in [0.29, 0.717) is 5.92 Å². The number of allylic oxidation sites excluding steroid dienone is 2. The summed E-state index contributed by atoms with van der Waals surface area (Å²) in [5, 5.41) is 0. The molecule has 0 heterocycles. The molecule has 2 aliphatic rings. The lowest BCUT2D eigenvalue weighted by Crippen LogP contribution is -2.14. The van der Waals surface area contributed by atoms with E-state index in [1.54, 1.807) is 0 Å². The second-order valence-corrected chi connectivity index (χ2v) is 7.49. The third-order valence-electron chi connectivity index (χ3n) is 5.82. The minimum Gasteiger partial charge on any atom is -0.303 e. The Morgan fingerprint density at radius 3 is 1.95 bits per heavy atom. The number of carbonyl (C=O) groups is 1. The molecule has 0 aromatic rings. The van der Waals surface area contributed by atoms with E-state index < -0.39 is 0 Å². The molecule has 0 atom stereocenters. The van der Waals surface area contributed by atoms with Crippen molar-refractivity contribution in [3.8, 4) is 0 Å². The molecule has 0 aromatic heterocycles. The number of hydrogen-bond donors (Lipinski definition) is 0. The van der Waals surface area contributed by atoms with Crippen LogP contribution in [0, 0.1) is 23.7 Å². The number of carbonyl (C=O) groups excluding carboxylic acids is 1. The highest BCUT2D eigenvalue weighted by molar-refractivity contribution is 5.53. The first-order valence-electron chi connectivity index (χ1n) is 9.43. The van der Waals surface area contributed by atoms with Gasteiger partial charge in [0.05, 0.1) is 0 Å². The fraction of sp³-hybridized carbons (Fsp3) is 0.850. The highest BCUT2D eigenvalue weighted by Gasteiger charge is 2.20. The molecule has 0 unspecified atom stereocenters. The van der Waals surface area contributed by atoms with E-state index >= 15 is 0 Å². The molecular weight excluding hydrogens is 256 g/mol. The second kappa shape index (κ2) is 9.43. The van der Waals surface area contributed by atoms with Gasteiger partial charge in [0.1, 0.15) is 6.29 Å². The Morgan fingerprint density at radius 1 is 0.810 bits per heavy atom. The molecule has 21 heavy (non-hydrogen) atoms. The van der Waals surface area contributed by atoms with Crippen LogP contribution in [0.2, 0.25) is 0 Å². The summed E-state index contributed by atoms with van der Waals surface area (Å²) >= 11 is 0. The van der Waals surface area contributed by atoms with Crippen molar-refractivity contribution in [3.05, 3.63) is 12.2 Å². The SMILES string of the molecule is CCCC1CCC(CC/C=C/C2CCC(C=O)CC2)CC1. The van der Waals surface area contributed by atoms with Crippen LogP contribution >= 0.6 is 0 Å². The molecule has 2 saturated carbocycles. The molecule has 2 fully saturated rings. The molecule has 0 saturated heterocycles. The van der Waals surface area contributed by atoms with Crippen LogP contribution in [-0.4, -0.2) is 6.29 Å². The zero-order valence-electron chi connectivity index (χ0n) is 13.9. The summed E-state index contributed by atoms with van der Waals surface area (Å²) < 4.78 is 0. The van der Waals surface area contributed by atoms with Gasteiger partial charge in [-0.15, -0.1) is 0 Å². The zero-order chi connectivity index (χ0) is 14.9. The monoisotopic (exact) mass is 290 g/mol. The average molecular weight is 290 g/mol. The molecule has 0 spiro atoms. The molecule has 0 aromatic carbocycles. The molecule has 0 bridgehead atoms. The summed E-state index contributed by atoms with van der Waals surface area (Å²) in [5.41, 5.74) is 0. The van der Waals surface area contributed by atoms with Crippen LogP contribution in [0.4, 0.5) is 0 Å². The molecule has 2 aliphatic carbocycles. The standard InChI is InChI=1S/C20H34O/c1-2-5-17-8-10-18(11-9-17)6-3-4-7-19-12-14-20(16-21)15-13-19/h4,7,16-20H,2-3,5-6,8-15H2,1H3/b7-4+. The summed E-state index contributed by atoms with van der Waals surface area (Å²) in [5.74, 6) is 3.14. The summed E-state index contributed by atoms with van der Waals surface area (Å²) in [6.07, 6.45) is 22.1.